The zero-order chi connectivity index (χ0) is 30.3. The van der Waals surface area contributed by atoms with Gasteiger partial charge < -0.3 is 14.2 Å². The number of alkyl halides is 5. The van der Waals surface area contributed by atoms with Crippen LogP contribution in [-0.4, -0.2) is 43.7 Å². The summed E-state index contributed by atoms with van der Waals surface area (Å²) in [5, 5.41) is -4.53. The molecule has 4 rings (SSSR count). The van der Waals surface area contributed by atoms with Crippen molar-refractivity contribution in [3.8, 4) is 5.75 Å². The molecule has 6 nitrogen and oxygen atoms in total. The van der Waals surface area contributed by atoms with Crippen LogP contribution in [0, 0.1) is 5.41 Å². The molecule has 0 bridgehead atoms. The van der Waals surface area contributed by atoms with E-state index in [1.165, 1.54) is 12.1 Å². The topological polar surface area (TPSA) is 82.1 Å². The van der Waals surface area contributed by atoms with Crippen LogP contribution in [0.5, 0.6) is 5.75 Å². The van der Waals surface area contributed by atoms with Gasteiger partial charge in [-0.25, -0.2) is 0 Å². The maximum atomic E-state index is 14.1. The highest BCUT2D eigenvalue weighted by atomic mass is 32.2. The zero-order valence-electron chi connectivity index (χ0n) is 22.2. The first-order valence-electron chi connectivity index (χ1n) is 12.3. The Morgan fingerprint density at radius 1 is 0.854 bits per heavy atom. The van der Waals surface area contributed by atoms with Gasteiger partial charge in [0.2, 0.25) is 0 Å². The average molecular weight is 620 g/mol. The van der Waals surface area contributed by atoms with E-state index in [2.05, 4.69) is 0 Å². The molecule has 1 fully saturated rings. The summed E-state index contributed by atoms with van der Waals surface area (Å²) < 4.78 is 116. The van der Waals surface area contributed by atoms with Gasteiger partial charge in [-0.1, -0.05) is 24.3 Å². The quantitative estimate of drug-likeness (QED) is 0.169. The van der Waals surface area contributed by atoms with Gasteiger partial charge >= 0.3 is 21.5 Å². The van der Waals surface area contributed by atoms with Crippen molar-refractivity contribution in [2.24, 2.45) is 5.41 Å². The Kier molecular flexibility index (Phi) is 8.51. The van der Waals surface area contributed by atoms with Gasteiger partial charge in [-0.15, -0.1) is 0 Å². The summed E-state index contributed by atoms with van der Waals surface area (Å²) in [6.45, 7) is 2.31. The summed E-state index contributed by atoms with van der Waals surface area (Å²) in [6.07, 6.45) is -6.67. The molecule has 3 aromatic rings. The molecule has 0 spiro atoms. The Labute approximate surface area is 237 Å². The van der Waals surface area contributed by atoms with Gasteiger partial charge in [-0.05, 0) is 69.3 Å². The predicted molar refractivity (Wildman–Crippen MR) is 141 cm³/mol. The molecule has 3 aromatic carbocycles. The third kappa shape index (κ3) is 6.38. The molecule has 1 N–H and O–H groups in total. The second kappa shape index (κ2) is 11.2. The van der Waals surface area contributed by atoms with Gasteiger partial charge in [0.05, 0.1) is 24.1 Å². The van der Waals surface area contributed by atoms with Crippen LogP contribution in [0.15, 0.2) is 93.5 Å². The van der Waals surface area contributed by atoms with E-state index in [1.807, 2.05) is 30.3 Å². The smallest absolute Gasteiger partial charge is 0.405 e. The molecule has 0 radical (unpaired) electrons. The number of hydrogen-bond acceptors (Lipinski definition) is 5. The lowest BCUT2D eigenvalue weighted by atomic mass is 9.90. The lowest BCUT2D eigenvalue weighted by Gasteiger charge is -2.43. The van der Waals surface area contributed by atoms with Crippen molar-refractivity contribution in [3.63, 3.8) is 0 Å². The van der Waals surface area contributed by atoms with Crippen LogP contribution in [0.1, 0.15) is 26.3 Å². The summed E-state index contributed by atoms with van der Waals surface area (Å²) in [4.78, 5) is 2.31. The molecule has 0 aliphatic carbocycles. The molecule has 0 amide bonds. The summed E-state index contributed by atoms with van der Waals surface area (Å²) in [6, 6.07) is 22.5. The van der Waals surface area contributed by atoms with Gasteiger partial charge in [0.15, 0.2) is 26.6 Å². The predicted octanol–water partition coefficient (Wildman–Crippen LogP) is 6.82. The van der Waals surface area contributed by atoms with Crippen molar-refractivity contribution in [2.45, 2.75) is 58.8 Å². The van der Waals surface area contributed by atoms with Crippen molar-refractivity contribution in [1.82, 2.24) is 0 Å². The van der Waals surface area contributed by atoms with Crippen molar-refractivity contribution in [2.75, 3.05) is 13.2 Å². The molecular formula is C28H28F5O6S2+. The molecule has 1 heterocycles. The largest absolute Gasteiger partial charge is 0.483 e. The molecule has 1 aliphatic rings. The van der Waals surface area contributed by atoms with Crippen LogP contribution in [-0.2, 0) is 36.3 Å². The van der Waals surface area contributed by atoms with E-state index < -0.39 is 63.0 Å². The van der Waals surface area contributed by atoms with E-state index >= 15 is 0 Å². The lowest BCUT2D eigenvalue weighted by molar-refractivity contribution is -0.354. The van der Waals surface area contributed by atoms with E-state index in [1.54, 1.807) is 43.3 Å². The van der Waals surface area contributed by atoms with E-state index in [4.69, 9.17) is 18.8 Å². The minimum atomic E-state index is -5.70. The number of hydrogen-bond donors (Lipinski definition) is 1. The second-order valence-corrected chi connectivity index (χ2v) is 13.5. The normalized spacial score (nSPS) is 23.5. The first kappa shape index (κ1) is 31.2. The molecule has 1 aliphatic heterocycles. The Balaban J connectivity index is 1.64. The monoisotopic (exact) mass is 619 g/mol. The SMILES string of the molecule is CC(Oc1cccc([S+](c2ccccc2)c2ccc(C3(C)OCC(C)(C(F)(F)F)CO3)cc2)c1)C(F)(F)S(=O)(=O)O. The maximum Gasteiger partial charge on any atom is 0.405 e. The average Bonchev–Trinajstić information content (AvgIpc) is 2.91. The fourth-order valence-electron chi connectivity index (χ4n) is 4.02. The number of halogens is 5. The Morgan fingerprint density at radius 3 is 1.93 bits per heavy atom. The fraction of sp³-hybridized carbons (Fsp3) is 0.357. The lowest BCUT2D eigenvalue weighted by Crippen LogP contribution is -2.52. The molecule has 0 aromatic heterocycles. The van der Waals surface area contributed by atoms with Crippen LogP contribution in [0.3, 0.4) is 0 Å². The number of benzene rings is 3. The maximum absolute atomic E-state index is 14.1. The van der Waals surface area contributed by atoms with Crippen LogP contribution in [0.25, 0.3) is 0 Å². The standard InChI is InChI=1S/C28H27F5O6S2/c1-19(27(29,30)41(34,35)36)39-21-8-7-11-24(16-21)40(22-9-5-4-6-10-22)23-14-12-20(13-15-23)26(3)37-17-25(2,18-38-26)28(31,32)33/h4-16,19H,17-18H2,1-3H3/p+1. The molecule has 13 heteroatoms. The highest BCUT2D eigenvalue weighted by Crippen LogP contribution is 2.45. The number of ether oxygens (including phenoxy) is 3. The van der Waals surface area contributed by atoms with Crippen LogP contribution in [0.4, 0.5) is 22.0 Å². The summed E-state index contributed by atoms with van der Waals surface area (Å²) in [7, 11) is -6.49. The van der Waals surface area contributed by atoms with Gasteiger partial charge in [0.1, 0.15) is 11.2 Å². The van der Waals surface area contributed by atoms with Gasteiger partial charge in [0, 0.05) is 11.6 Å². The van der Waals surface area contributed by atoms with Gasteiger partial charge in [-0.3, -0.25) is 4.55 Å². The first-order chi connectivity index (χ1) is 19.0. The molecule has 222 valence electrons. The molecular weight excluding hydrogens is 591 g/mol. The zero-order valence-corrected chi connectivity index (χ0v) is 23.8. The third-order valence-electron chi connectivity index (χ3n) is 6.78. The van der Waals surface area contributed by atoms with Crippen LogP contribution in [0.2, 0.25) is 0 Å². The minimum Gasteiger partial charge on any atom is -0.483 e. The minimum absolute atomic E-state index is 0.0346. The second-order valence-electron chi connectivity index (χ2n) is 10.00. The van der Waals surface area contributed by atoms with Crippen LogP contribution < -0.4 is 4.74 Å². The third-order valence-corrected chi connectivity index (χ3v) is 10.0. The summed E-state index contributed by atoms with van der Waals surface area (Å²) in [5.41, 5.74) is -1.61. The van der Waals surface area contributed by atoms with E-state index in [0.29, 0.717) is 10.5 Å². The van der Waals surface area contributed by atoms with Crippen molar-refractivity contribution < 1.29 is 49.1 Å². The highest BCUT2D eigenvalue weighted by molar-refractivity contribution is 7.97. The highest BCUT2D eigenvalue weighted by Gasteiger charge is 2.56. The fourth-order valence-corrected chi connectivity index (χ4v) is 6.59. The number of rotatable bonds is 8. The Morgan fingerprint density at radius 2 is 1.39 bits per heavy atom. The summed E-state index contributed by atoms with van der Waals surface area (Å²) in [5.74, 6) is -1.43. The molecule has 0 saturated carbocycles. The van der Waals surface area contributed by atoms with Crippen molar-refractivity contribution in [1.29, 1.82) is 0 Å². The first-order valence-corrected chi connectivity index (χ1v) is 15.0. The molecule has 41 heavy (non-hydrogen) atoms. The Hall–Kier alpha value is -2.71. The Bertz CT molecular complexity index is 1460. The van der Waals surface area contributed by atoms with Gasteiger partial charge in [0.25, 0.3) is 0 Å². The van der Waals surface area contributed by atoms with E-state index in [-0.39, 0.29) is 5.75 Å². The molecule has 1 saturated heterocycles. The molecule has 2 atom stereocenters. The molecule has 2 unspecified atom stereocenters. The van der Waals surface area contributed by atoms with Crippen LogP contribution >= 0.6 is 0 Å². The van der Waals surface area contributed by atoms with Crippen molar-refractivity contribution >= 4 is 21.0 Å². The van der Waals surface area contributed by atoms with E-state index in [0.717, 1.165) is 23.6 Å². The van der Waals surface area contributed by atoms with E-state index in [9.17, 15) is 30.4 Å². The summed E-state index contributed by atoms with van der Waals surface area (Å²) >= 11 is 0. The van der Waals surface area contributed by atoms with Crippen molar-refractivity contribution in [3.05, 3.63) is 84.4 Å². The van der Waals surface area contributed by atoms with Gasteiger partial charge in [-0.2, -0.15) is 30.4 Å².